The molecule has 1 aromatic heterocycles. The van der Waals surface area contributed by atoms with Crippen LogP contribution in [0.15, 0.2) is 36.5 Å². The van der Waals surface area contributed by atoms with E-state index in [1.165, 1.54) is 16.9 Å². The molecule has 2 N–H and O–H groups in total. The van der Waals surface area contributed by atoms with E-state index in [-0.39, 0.29) is 18.3 Å². The van der Waals surface area contributed by atoms with Gasteiger partial charge in [-0.05, 0) is 29.2 Å². The fourth-order valence-corrected chi connectivity index (χ4v) is 1.91. The predicted molar refractivity (Wildman–Crippen MR) is 81.3 cm³/mol. The Morgan fingerprint density at radius 3 is 2.91 bits per heavy atom. The summed E-state index contributed by atoms with van der Waals surface area (Å²) < 4.78 is 1.23. The lowest BCUT2D eigenvalue weighted by molar-refractivity contribution is -0.389. The van der Waals surface area contributed by atoms with E-state index in [2.05, 4.69) is 15.7 Å². The molecular weight excluding hydrogens is 286 g/mol. The highest BCUT2D eigenvalue weighted by atomic mass is 16.6. The Morgan fingerprint density at radius 1 is 1.41 bits per heavy atom. The molecule has 1 aromatic carbocycles. The molecule has 0 aliphatic heterocycles. The molecular formula is C14H17N5O3. The number of carbonyl (C=O) groups is 1. The van der Waals surface area contributed by atoms with Crippen molar-refractivity contribution in [3.8, 4) is 0 Å². The van der Waals surface area contributed by atoms with Gasteiger partial charge in [-0.25, -0.2) is 0 Å². The first kappa shape index (κ1) is 15.6. The van der Waals surface area contributed by atoms with Crippen LogP contribution in [0.3, 0.4) is 0 Å². The average molecular weight is 303 g/mol. The fraction of sp³-hybridized carbons (Fsp3) is 0.286. The zero-order valence-electron chi connectivity index (χ0n) is 12.2. The van der Waals surface area contributed by atoms with Crippen LogP contribution in [0.4, 0.5) is 11.5 Å². The molecule has 8 heteroatoms. The van der Waals surface area contributed by atoms with Crippen LogP contribution in [0.5, 0.6) is 0 Å². The van der Waals surface area contributed by atoms with Crippen molar-refractivity contribution >= 4 is 17.4 Å². The van der Waals surface area contributed by atoms with Crippen molar-refractivity contribution in [3.63, 3.8) is 0 Å². The van der Waals surface area contributed by atoms with Crippen molar-refractivity contribution in [1.82, 2.24) is 15.1 Å². The topological polar surface area (TPSA) is 102 Å². The molecule has 2 rings (SSSR count). The van der Waals surface area contributed by atoms with Crippen molar-refractivity contribution in [2.75, 3.05) is 11.9 Å². The van der Waals surface area contributed by atoms with E-state index in [1.807, 2.05) is 25.1 Å². The quantitative estimate of drug-likeness (QED) is 0.596. The number of carbonyl (C=O) groups excluding carboxylic acids is 1. The molecule has 22 heavy (non-hydrogen) atoms. The van der Waals surface area contributed by atoms with Crippen LogP contribution >= 0.6 is 0 Å². The third-order valence-electron chi connectivity index (χ3n) is 2.91. The van der Waals surface area contributed by atoms with E-state index in [4.69, 9.17) is 0 Å². The number of nitrogens with zero attached hydrogens (tertiary/aromatic N) is 3. The summed E-state index contributed by atoms with van der Waals surface area (Å²) in [6.07, 6.45) is 1.40. The van der Waals surface area contributed by atoms with Crippen molar-refractivity contribution in [3.05, 3.63) is 52.2 Å². The average Bonchev–Trinajstić information content (AvgIpc) is 2.94. The Bertz CT molecular complexity index is 668. The molecule has 116 valence electrons. The van der Waals surface area contributed by atoms with Gasteiger partial charge in [-0.1, -0.05) is 19.1 Å². The SMILES string of the molecule is CCNCc1cccc(NC(=O)Cn2ccc([N+](=O)[O-])n2)c1. The summed E-state index contributed by atoms with van der Waals surface area (Å²) in [5.74, 6) is -0.570. The maximum atomic E-state index is 11.9. The van der Waals surface area contributed by atoms with Crippen LogP contribution in [-0.2, 0) is 17.9 Å². The first-order valence-electron chi connectivity index (χ1n) is 6.86. The molecule has 2 aromatic rings. The molecule has 8 nitrogen and oxygen atoms in total. The Kier molecular flexibility index (Phi) is 5.21. The van der Waals surface area contributed by atoms with Gasteiger partial charge in [0.1, 0.15) is 6.54 Å². The van der Waals surface area contributed by atoms with E-state index in [1.54, 1.807) is 6.07 Å². The maximum absolute atomic E-state index is 11.9. The minimum atomic E-state index is -0.599. The lowest BCUT2D eigenvalue weighted by Crippen LogP contribution is -2.19. The maximum Gasteiger partial charge on any atom is 0.389 e. The lowest BCUT2D eigenvalue weighted by Gasteiger charge is -2.07. The van der Waals surface area contributed by atoms with Gasteiger partial charge in [-0.3, -0.25) is 4.79 Å². The van der Waals surface area contributed by atoms with Crippen LogP contribution < -0.4 is 10.6 Å². The summed E-state index contributed by atoms with van der Waals surface area (Å²) in [5, 5.41) is 20.2. The van der Waals surface area contributed by atoms with E-state index < -0.39 is 4.92 Å². The van der Waals surface area contributed by atoms with Gasteiger partial charge >= 0.3 is 5.82 Å². The molecule has 0 fully saturated rings. The fourth-order valence-electron chi connectivity index (χ4n) is 1.91. The third kappa shape index (κ3) is 4.38. The number of hydrogen-bond donors (Lipinski definition) is 2. The van der Waals surface area contributed by atoms with Gasteiger partial charge in [0.25, 0.3) is 0 Å². The standard InChI is InChI=1S/C14H17N5O3/c1-2-15-9-11-4-3-5-12(8-11)16-14(20)10-18-7-6-13(17-18)19(21)22/h3-8,15H,2,9-10H2,1H3,(H,16,20). The minimum absolute atomic E-state index is 0.0781. The Morgan fingerprint density at radius 2 is 2.23 bits per heavy atom. The number of benzene rings is 1. The molecule has 0 aliphatic rings. The molecule has 0 atom stereocenters. The number of nitrogens with one attached hydrogen (secondary N) is 2. The van der Waals surface area contributed by atoms with Gasteiger partial charge in [0.15, 0.2) is 0 Å². The molecule has 0 radical (unpaired) electrons. The summed E-state index contributed by atoms with van der Waals surface area (Å²) >= 11 is 0. The number of hydrogen-bond acceptors (Lipinski definition) is 5. The van der Waals surface area contributed by atoms with Gasteiger partial charge in [0.05, 0.1) is 17.4 Å². The molecule has 0 saturated heterocycles. The van der Waals surface area contributed by atoms with Gasteiger partial charge < -0.3 is 20.7 Å². The normalized spacial score (nSPS) is 10.4. The third-order valence-corrected chi connectivity index (χ3v) is 2.91. The highest BCUT2D eigenvalue weighted by Crippen LogP contribution is 2.11. The van der Waals surface area contributed by atoms with Crippen LogP contribution in [-0.4, -0.2) is 27.2 Å². The minimum Gasteiger partial charge on any atom is -0.358 e. The lowest BCUT2D eigenvalue weighted by atomic mass is 10.2. The summed E-state index contributed by atoms with van der Waals surface area (Å²) in [7, 11) is 0. The first-order valence-corrected chi connectivity index (χ1v) is 6.86. The summed E-state index contributed by atoms with van der Waals surface area (Å²) in [5.41, 5.74) is 1.75. The molecule has 0 spiro atoms. The van der Waals surface area contributed by atoms with Gasteiger partial charge in [0, 0.05) is 12.2 Å². The second-order valence-electron chi connectivity index (χ2n) is 4.66. The highest BCUT2D eigenvalue weighted by Gasteiger charge is 2.13. The van der Waals surface area contributed by atoms with Gasteiger partial charge in [-0.2, -0.15) is 4.68 Å². The first-order chi connectivity index (χ1) is 10.6. The molecule has 0 saturated carbocycles. The van der Waals surface area contributed by atoms with Crippen LogP contribution in [0.2, 0.25) is 0 Å². The second kappa shape index (κ2) is 7.32. The number of amides is 1. The number of anilines is 1. The highest BCUT2D eigenvalue weighted by molar-refractivity contribution is 5.90. The largest absolute Gasteiger partial charge is 0.389 e. The van der Waals surface area contributed by atoms with Crippen molar-refractivity contribution < 1.29 is 9.72 Å². The summed E-state index contributed by atoms with van der Waals surface area (Å²) in [6.45, 7) is 3.54. The smallest absolute Gasteiger partial charge is 0.358 e. The zero-order valence-corrected chi connectivity index (χ0v) is 12.2. The van der Waals surface area contributed by atoms with Crippen molar-refractivity contribution in [2.45, 2.75) is 20.0 Å². The molecule has 0 aliphatic carbocycles. The number of nitro groups is 1. The van der Waals surface area contributed by atoms with E-state index in [0.717, 1.165) is 18.7 Å². The van der Waals surface area contributed by atoms with Gasteiger partial charge in [0.2, 0.25) is 5.91 Å². The van der Waals surface area contributed by atoms with Gasteiger partial charge in [-0.15, -0.1) is 0 Å². The second-order valence-corrected chi connectivity index (χ2v) is 4.66. The van der Waals surface area contributed by atoms with Crippen LogP contribution in [0, 0.1) is 10.1 Å². The molecule has 1 heterocycles. The predicted octanol–water partition coefficient (Wildman–Crippen LogP) is 1.54. The van der Waals surface area contributed by atoms with Crippen LogP contribution in [0.25, 0.3) is 0 Å². The van der Waals surface area contributed by atoms with E-state index in [9.17, 15) is 14.9 Å². The van der Waals surface area contributed by atoms with E-state index in [0.29, 0.717) is 5.69 Å². The Labute approximate surface area is 127 Å². The zero-order chi connectivity index (χ0) is 15.9. The van der Waals surface area contributed by atoms with Crippen molar-refractivity contribution in [1.29, 1.82) is 0 Å². The summed E-state index contributed by atoms with van der Waals surface area (Å²) in [6, 6.07) is 8.76. The van der Waals surface area contributed by atoms with Crippen LogP contribution in [0.1, 0.15) is 12.5 Å². The number of aromatic nitrogens is 2. The Hall–Kier alpha value is -2.74. The summed E-state index contributed by atoms with van der Waals surface area (Å²) in [4.78, 5) is 21.9. The van der Waals surface area contributed by atoms with E-state index >= 15 is 0 Å². The Balaban J connectivity index is 1.94. The molecule has 1 amide bonds. The molecule has 0 unspecified atom stereocenters. The molecule has 0 bridgehead atoms. The monoisotopic (exact) mass is 303 g/mol. The number of rotatable bonds is 7. The van der Waals surface area contributed by atoms with Crippen molar-refractivity contribution in [2.24, 2.45) is 0 Å².